The zero-order valence-corrected chi connectivity index (χ0v) is 20.4. The fourth-order valence-corrected chi connectivity index (χ4v) is 4.82. The first kappa shape index (κ1) is 22.7. The maximum Gasteiger partial charge on any atom is 0.179 e. The zero-order chi connectivity index (χ0) is 21.3. The van der Waals surface area contributed by atoms with Crippen molar-refractivity contribution in [1.82, 2.24) is 0 Å². The molecule has 1 aliphatic heterocycles. The smallest absolute Gasteiger partial charge is 0.179 e. The molecule has 0 fully saturated rings. The fraction of sp³-hybridized carbons (Fsp3) is 0.593. The molecule has 0 saturated heterocycles. The van der Waals surface area contributed by atoms with Crippen molar-refractivity contribution in [2.75, 3.05) is 13.6 Å². The highest BCUT2D eigenvalue weighted by atomic mass is 15.0. The van der Waals surface area contributed by atoms with Crippen LogP contribution in [0.25, 0.3) is 0 Å². The van der Waals surface area contributed by atoms with Crippen LogP contribution >= 0.6 is 0 Å². The predicted octanol–water partition coefficient (Wildman–Crippen LogP) is 7.57. The summed E-state index contributed by atoms with van der Waals surface area (Å²) in [5.74, 6) is 0.632. The molecule has 0 bridgehead atoms. The van der Waals surface area contributed by atoms with Crippen LogP contribution in [0.5, 0.6) is 0 Å². The van der Waals surface area contributed by atoms with Gasteiger partial charge in [-0.2, -0.15) is 0 Å². The Morgan fingerprint density at radius 1 is 0.786 bits per heavy atom. The predicted molar refractivity (Wildman–Crippen MR) is 125 cm³/mol. The molecule has 2 rings (SSSR count). The number of rotatable bonds is 5. The van der Waals surface area contributed by atoms with Crippen molar-refractivity contribution in [2.45, 2.75) is 88.5 Å². The Morgan fingerprint density at radius 2 is 1.32 bits per heavy atom. The van der Waals surface area contributed by atoms with Gasteiger partial charge in [0.1, 0.15) is 13.6 Å². The average molecular weight is 381 g/mol. The summed E-state index contributed by atoms with van der Waals surface area (Å²) in [7, 11) is 2.23. The molecule has 0 amide bonds. The summed E-state index contributed by atoms with van der Waals surface area (Å²) < 4.78 is 2.43. The number of hydrogen-bond donors (Lipinski definition) is 0. The molecule has 1 aliphatic carbocycles. The van der Waals surface area contributed by atoms with Gasteiger partial charge in [-0.05, 0) is 112 Å². The maximum absolute atomic E-state index is 2.43. The van der Waals surface area contributed by atoms with Crippen molar-refractivity contribution in [3.63, 3.8) is 0 Å². The van der Waals surface area contributed by atoms with Crippen LogP contribution < -0.4 is 0 Å². The van der Waals surface area contributed by atoms with Crippen molar-refractivity contribution in [3.8, 4) is 0 Å². The fourth-order valence-electron chi connectivity index (χ4n) is 4.82. The van der Waals surface area contributed by atoms with Crippen LogP contribution in [0.2, 0.25) is 0 Å². The summed E-state index contributed by atoms with van der Waals surface area (Å²) in [5, 5.41) is 0. The molecular formula is C27H42N+. The summed E-state index contributed by atoms with van der Waals surface area (Å²) in [6, 6.07) is 0. The van der Waals surface area contributed by atoms with Gasteiger partial charge in [0.05, 0.1) is 0 Å². The average Bonchev–Trinajstić information content (AvgIpc) is 3.21. The largest absolute Gasteiger partial charge is 0.236 e. The van der Waals surface area contributed by atoms with Crippen LogP contribution in [0.1, 0.15) is 88.5 Å². The lowest BCUT2D eigenvalue weighted by molar-refractivity contribution is -0.488. The Balaban J connectivity index is 2.44. The highest BCUT2D eigenvalue weighted by molar-refractivity contribution is 5.97. The molecular weight excluding hydrogens is 338 g/mol. The van der Waals surface area contributed by atoms with Gasteiger partial charge >= 0.3 is 0 Å². The molecule has 0 N–H and O–H groups in total. The topological polar surface area (TPSA) is 3.01 Å². The van der Waals surface area contributed by atoms with Crippen LogP contribution in [-0.4, -0.2) is 23.9 Å². The molecule has 154 valence electrons. The van der Waals surface area contributed by atoms with Gasteiger partial charge in [0.15, 0.2) is 5.71 Å². The monoisotopic (exact) mass is 380 g/mol. The van der Waals surface area contributed by atoms with Crippen molar-refractivity contribution >= 4 is 5.71 Å². The Bertz CT molecular complexity index is 860. The first-order valence-electron chi connectivity index (χ1n) is 11.0. The Hall–Kier alpha value is -1.63. The summed E-state index contributed by atoms with van der Waals surface area (Å²) in [5.41, 5.74) is 16.4. The lowest BCUT2D eigenvalue weighted by atomic mass is 9.88. The summed E-state index contributed by atoms with van der Waals surface area (Å²) in [6.45, 7) is 24.3. The minimum Gasteiger partial charge on any atom is -0.236 e. The van der Waals surface area contributed by atoms with E-state index in [9.17, 15) is 0 Å². The summed E-state index contributed by atoms with van der Waals surface area (Å²) in [6.07, 6.45) is 3.63. The lowest BCUT2D eigenvalue weighted by Crippen LogP contribution is -2.12. The van der Waals surface area contributed by atoms with Crippen molar-refractivity contribution < 1.29 is 4.58 Å². The van der Waals surface area contributed by atoms with Gasteiger partial charge < -0.3 is 0 Å². The summed E-state index contributed by atoms with van der Waals surface area (Å²) >= 11 is 0. The minimum absolute atomic E-state index is 0.632. The highest BCUT2D eigenvalue weighted by Crippen LogP contribution is 2.40. The molecule has 2 aliphatic rings. The first-order valence-corrected chi connectivity index (χ1v) is 11.0. The van der Waals surface area contributed by atoms with E-state index in [-0.39, 0.29) is 0 Å². The van der Waals surface area contributed by atoms with Gasteiger partial charge in [-0.15, -0.1) is 0 Å². The van der Waals surface area contributed by atoms with E-state index >= 15 is 0 Å². The van der Waals surface area contributed by atoms with Gasteiger partial charge in [0.2, 0.25) is 0 Å². The molecule has 0 aromatic heterocycles. The molecule has 1 heteroatoms. The van der Waals surface area contributed by atoms with Crippen LogP contribution in [0.15, 0.2) is 55.7 Å². The second kappa shape index (κ2) is 8.80. The third kappa shape index (κ3) is 4.19. The highest BCUT2D eigenvalue weighted by Gasteiger charge is 2.24. The van der Waals surface area contributed by atoms with Crippen LogP contribution in [0, 0.1) is 5.92 Å². The Morgan fingerprint density at radius 3 is 1.75 bits per heavy atom. The van der Waals surface area contributed by atoms with E-state index in [2.05, 4.69) is 80.9 Å². The SMILES string of the molecule is CC1=C(C(C)=C(C)/C(C)=C(\C)C(C)=C(C)C2=[N+](C)CCC2)CC(C(C)C)=C1C. The third-order valence-corrected chi connectivity index (χ3v) is 7.63. The molecule has 0 atom stereocenters. The Labute approximate surface area is 174 Å². The molecule has 1 nitrogen and oxygen atoms in total. The van der Waals surface area contributed by atoms with Crippen molar-refractivity contribution in [3.05, 3.63) is 55.7 Å². The molecule has 0 aromatic rings. The Kier molecular flexibility index (Phi) is 7.12. The van der Waals surface area contributed by atoms with E-state index in [0.29, 0.717) is 5.92 Å². The number of hydrogen-bond acceptors (Lipinski definition) is 0. The first-order chi connectivity index (χ1) is 13.0. The van der Waals surface area contributed by atoms with Crippen molar-refractivity contribution in [1.29, 1.82) is 0 Å². The molecule has 0 spiro atoms. The zero-order valence-electron chi connectivity index (χ0n) is 20.4. The van der Waals surface area contributed by atoms with E-state index in [1.807, 2.05) is 0 Å². The minimum atomic E-state index is 0.632. The van der Waals surface area contributed by atoms with Gasteiger partial charge in [0, 0.05) is 18.4 Å². The van der Waals surface area contributed by atoms with E-state index in [1.54, 1.807) is 11.1 Å². The van der Waals surface area contributed by atoms with E-state index < -0.39 is 0 Å². The molecule has 0 radical (unpaired) electrons. The van der Waals surface area contributed by atoms with Gasteiger partial charge in [-0.3, -0.25) is 0 Å². The van der Waals surface area contributed by atoms with Crippen LogP contribution in [0.3, 0.4) is 0 Å². The quantitative estimate of drug-likeness (QED) is 0.342. The molecule has 1 heterocycles. The van der Waals surface area contributed by atoms with E-state index in [1.165, 1.54) is 69.7 Å². The molecule has 28 heavy (non-hydrogen) atoms. The molecule has 0 saturated carbocycles. The van der Waals surface area contributed by atoms with Crippen LogP contribution in [-0.2, 0) is 0 Å². The second-order valence-electron chi connectivity index (χ2n) is 9.31. The normalized spacial score (nSPS) is 21.0. The standard InChI is InChI=1S/C27H42N/c1-16(2)25-15-26(23(9)22(25)8)21(7)19(5)17(3)18(4)20(6)24(10)27-13-12-14-28(27)11/h16H,12-15H2,1-11H3/q+1/b18-17+,21-19?,24-20?. The van der Waals surface area contributed by atoms with Crippen LogP contribution in [0.4, 0.5) is 0 Å². The molecule has 0 unspecified atom stereocenters. The van der Waals surface area contributed by atoms with Crippen molar-refractivity contribution in [2.24, 2.45) is 5.92 Å². The summed E-state index contributed by atoms with van der Waals surface area (Å²) in [4.78, 5) is 0. The maximum atomic E-state index is 2.43. The molecule has 0 aromatic carbocycles. The number of nitrogens with zero attached hydrogens (tertiary/aromatic N) is 1. The van der Waals surface area contributed by atoms with E-state index in [4.69, 9.17) is 0 Å². The third-order valence-electron chi connectivity index (χ3n) is 7.63. The van der Waals surface area contributed by atoms with Gasteiger partial charge in [0.25, 0.3) is 0 Å². The van der Waals surface area contributed by atoms with Gasteiger partial charge in [-0.25, -0.2) is 4.58 Å². The second-order valence-corrected chi connectivity index (χ2v) is 9.31. The lowest BCUT2D eigenvalue weighted by Gasteiger charge is -2.17. The number of allylic oxidation sites excluding steroid dienone is 10. The van der Waals surface area contributed by atoms with Gasteiger partial charge in [-0.1, -0.05) is 19.4 Å². The van der Waals surface area contributed by atoms with E-state index in [0.717, 1.165) is 6.42 Å².